The van der Waals surface area contributed by atoms with Crippen LogP contribution < -0.4 is 5.32 Å². The van der Waals surface area contributed by atoms with Crippen LogP contribution in [0, 0.1) is 23.7 Å². The fourth-order valence-electron chi connectivity index (χ4n) is 2.17. The van der Waals surface area contributed by atoms with Crippen LogP contribution in [0.2, 0.25) is 0 Å². The van der Waals surface area contributed by atoms with Crippen LogP contribution in [-0.2, 0) is 0 Å². The summed E-state index contributed by atoms with van der Waals surface area (Å²) >= 11 is 0. The van der Waals surface area contributed by atoms with Crippen molar-refractivity contribution in [2.45, 2.75) is 33.1 Å². The van der Waals surface area contributed by atoms with Crippen LogP contribution in [0.15, 0.2) is 18.2 Å². The van der Waals surface area contributed by atoms with E-state index in [9.17, 15) is 0 Å². The van der Waals surface area contributed by atoms with Gasteiger partial charge in [-0.3, -0.25) is 0 Å². The minimum atomic E-state index is 0.488. The van der Waals surface area contributed by atoms with Crippen molar-refractivity contribution in [3.05, 3.63) is 29.3 Å². The Balaban J connectivity index is 2.00. The van der Waals surface area contributed by atoms with Crippen LogP contribution in [0.3, 0.4) is 0 Å². The first-order chi connectivity index (χ1) is 7.63. The van der Waals surface area contributed by atoms with Crippen LogP contribution in [0.5, 0.6) is 0 Å². The van der Waals surface area contributed by atoms with E-state index in [1.807, 2.05) is 19.1 Å². The summed E-state index contributed by atoms with van der Waals surface area (Å²) in [5.74, 6) is 0. The van der Waals surface area contributed by atoms with Gasteiger partial charge in [0.2, 0.25) is 0 Å². The number of benzene rings is 1. The third-order valence-corrected chi connectivity index (χ3v) is 3.63. The molecule has 1 aromatic carbocycles. The molecule has 2 heteroatoms. The van der Waals surface area contributed by atoms with Gasteiger partial charge in [0.05, 0.1) is 11.6 Å². The molecule has 1 fully saturated rings. The fraction of sp³-hybridized carbons (Fsp3) is 0.500. The largest absolute Gasteiger partial charge is 0.384 e. The SMILES string of the molecule is Cc1cc(NCC2(C)CCC2)ccc1C#N. The van der Waals surface area contributed by atoms with Crippen molar-refractivity contribution < 1.29 is 0 Å². The molecular formula is C14H18N2. The van der Waals surface area contributed by atoms with Gasteiger partial charge in [0.1, 0.15) is 0 Å². The molecule has 1 saturated carbocycles. The quantitative estimate of drug-likeness (QED) is 0.836. The first kappa shape index (κ1) is 11.0. The molecular weight excluding hydrogens is 196 g/mol. The Morgan fingerprint density at radius 3 is 2.69 bits per heavy atom. The van der Waals surface area contributed by atoms with Crippen molar-refractivity contribution in [2.75, 3.05) is 11.9 Å². The summed E-state index contributed by atoms with van der Waals surface area (Å²) in [6.45, 7) is 5.35. The molecule has 0 atom stereocenters. The zero-order valence-electron chi connectivity index (χ0n) is 10.0. The van der Waals surface area contributed by atoms with Gasteiger partial charge in [-0.05, 0) is 48.9 Å². The van der Waals surface area contributed by atoms with Gasteiger partial charge in [0.25, 0.3) is 0 Å². The maximum atomic E-state index is 8.85. The molecule has 0 amide bonds. The number of nitriles is 1. The summed E-state index contributed by atoms with van der Waals surface area (Å²) < 4.78 is 0. The van der Waals surface area contributed by atoms with Gasteiger partial charge in [-0.25, -0.2) is 0 Å². The van der Waals surface area contributed by atoms with Gasteiger partial charge in [-0.15, -0.1) is 0 Å². The minimum Gasteiger partial charge on any atom is -0.384 e. The molecule has 0 heterocycles. The third kappa shape index (κ3) is 2.19. The first-order valence-electron chi connectivity index (χ1n) is 5.88. The van der Waals surface area contributed by atoms with E-state index in [1.54, 1.807) is 0 Å². The zero-order chi connectivity index (χ0) is 11.6. The molecule has 0 bridgehead atoms. The van der Waals surface area contributed by atoms with Crippen molar-refractivity contribution in [3.63, 3.8) is 0 Å². The summed E-state index contributed by atoms with van der Waals surface area (Å²) in [6, 6.07) is 8.13. The number of aryl methyl sites for hydroxylation is 1. The van der Waals surface area contributed by atoms with E-state index >= 15 is 0 Å². The highest BCUT2D eigenvalue weighted by Gasteiger charge is 2.31. The molecule has 1 aliphatic rings. The number of anilines is 1. The van der Waals surface area contributed by atoms with E-state index in [-0.39, 0.29) is 0 Å². The van der Waals surface area contributed by atoms with Crippen LogP contribution >= 0.6 is 0 Å². The molecule has 2 rings (SSSR count). The van der Waals surface area contributed by atoms with E-state index < -0.39 is 0 Å². The molecule has 1 aromatic rings. The standard InChI is InChI=1S/C14H18N2/c1-11-8-13(5-4-12(11)9-15)16-10-14(2)6-3-7-14/h4-5,8,16H,3,6-7,10H2,1-2H3. The van der Waals surface area contributed by atoms with Crippen LogP contribution in [0.4, 0.5) is 5.69 Å². The minimum absolute atomic E-state index is 0.488. The maximum absolute atomic E-state index is 8.85. The summed E-state index contributed by atoms with van der Waals surface area (Å²) in [4.78, 5) is 0. The second-order valence-electron chi connectivity index (χ2n) is 5.16. The molecule has 16 heavy (non-hydrogen) atoms. The Labute approximate surface area is 97.3 Å². The lowest BCUT2D eigenvalue weighted by Crippen LogP contribution is -2.33. The first-order valence-corrected chi connectivity index (χ1v) is 5.88. The summed E-state index contributed by atoms with van der Waals surface area (Å²) in [7, 11) is 0. The van der Waals surface area contributed by atoms with Gasteiger partial charge in [0, 0.05) is 12.2 Å². The third-order valence-electron chi connectivity index (χ3n) is 3.63. The van der Waals surface area contributed by atoms with Crippen LogP contribution in [0.25, 0.3) is 0 Å². The smallest absolute Gasteiger partial charge is 0.0994 e. The Kier molecular flexibility index (Phi) is 2.87. The average Bonchev–Trinajstić information content (AvgIpc) is 2.24. The predicted molar refractivity (Wildman–Crippen MR) is 66.3 cm³/mol. The van der Waals surface area contributed by atoms with Crippen molar-refractivity contribution in [2.24, 2.45) is 5.41 Å². The molecule has 1 N–H and O–H groups in total. The van der Waals surface area contributed by atoms with E-state index in [0.717, 1.165) is 23.4 Å². The molecule has 0 spiro atoms. The topological polar surface area (TPSA) is 35.8 Å². The number of nitrogens with zero attached hydrogens (tertiary/aromatic N) is 1. The lowest BCUT2D eigenvalue weighted by atomic mass is 9.70. The summed E-state index contributed by atoms with van der Waals surface area (Å²) in [6.07, 6.45) is 4.02. The van der Waals surface area contributed by atoms with Gasteiger partial charge < -0.3 is 5.32 Å². The average molecular weight is 214 g/mol. The highest BCUT2D eigenvalue weighted by Crippen LogP contribution is 2.40. The molecule has 0 radical (unpaired) electrons. The van der Waals surface area contributed by atoms with Gasteiger partial charge in [0.15, 0.2) is 0 Å². The van der Waals surface area contributed by atoms with E-state index in [4.69, 9.17) is 5.26 Å². The molecule has 2 nitrogen and oxygen atoms in total. The predicted octanol–water partition coefficient (Wildman–Crippen LogP) is 3.47. The number of rotatable bonds is 3. The maximum Gasteiger partial charge on any atom is 0.0994 e. The molecule has 0 saturated heterocycles. The highest BCUT2D eigenvalue weighted by atomic mass is 14.9. The Bertz CT molecular complexity index is 425. The molecule has 0 aliphatic heterocycles. The Morgan fingerprint density at radius 1 is 1.44 bits per heavy atom. The van der Waals surface area contributed by atoms with Crippen LogP contribution in [0.1, 0.15) is 37.3 Å². The van der Waals surface area contributed by atoms with Crippen molar-refractivity contribution in [1.82, 2.24) is 0 Å². The normalized spacial score (nSPS) is 17.3. The zero-order valence-corrected chi connectivity index (χ0v) is 10.0. The van der Waals surface area contributed by atoms with Gasteiger partial charge in [-0.1, -0.05) is 13.3 Å². The summed E-state index contributed by atoms with van der Waals surface area (Å²) in [5.41, 5.74) is 3.43. The second kappa shape index (κ2) is 4.17. The molecule has 0 aromatic heterocycles. The van der Waals surface area contributed by atoms with E-state index in [0.29, 0.717) is 5.41 Å². The van der Waals surface area contributed by atoms with Crippen molar-refractivity contribution >= 4 is 5.69 Å². The van der Waals surface area contributed by atoms with Crippen molar-refractivity contribution in [3.8, 4) is 6.07 Å². The van der Waals surface area contributed by atoms with Crippen LogP contribution in [-0.4, -0.2) is 6.54 Å². The fourth-order valence-corrected chi connectivity index (χ4v) is 2.17. The number of hydrogen-bond acceptors (Lipinski definition) is 2. The van der Waals surface area contributed by atoms with Crippen molar-refractivity contribution in [1.29, 1.82) is 5.26 Å². The molecule has 0 unspecified atom stereocenters. The monoisotopic (exact) mass is 214 g/mol. The van der Waals surface area contributed by atoms with E-state index in [1.165, 1.54) is 19.3 Å². The number of nitrogens with one attached hydrogen (secondary N) is 1. The molecule has 84 valence electrons. The number of hydrogen-bond donors (Lipinski definition) is 1. The van der Waals surface area contributed by atoms with E-state index in [2.05, 4.69) is 24.4 Å². The Morgan fingerprint density at radius 2 is 2.19 bits per heavy atom. The van der Waals surface area contributed by atoms with Gasteiger partial charge >= 0.3 is 0 Å². The highest BCUT2D eigenvalue weighted by molar-refractivity contribution is 5.51. The van der Waals surface area contributed by atoms with Gasteiger partial charge in [-0.2, -0.15) is 5.26 Å². The second-order valence-corrected chi connectivity index (χ2v) is 5.16. The lowest BCUT2D eigenvalue weighted by molar-refractivity contribution is 0.180. The molecule has 1 aliphatic carbocycles. The lowest BCUT2D eigenvalue weighted by Gasteiger charge is -2.38. The Hall–Kier alpha value is -1.49. The summed E-state index contributed by atoms with van der Waals surface area (Å²) in [5, 5.41) is 12.3.